The van der Waals surface area contributed by atoms with Gasteiger partial charge in [0, 0.05) is 23.9 Å². The molecule has 0 atom stereocenters. The van der Waals surface area contributed by atoms with Gasteiger partial charge in [0.1, 0.15) is 0 Å². The highest BCUT2D eigenvalue weighted by Gasteiger charge is 2.49. The summed E-state index contributed by atoms with van der Waals surface area (Å²) in [5.41, 5.74) is 3.30. The Labute approximate surface area is 168 Å². The zero-order chi connectivity index (χ0) is 19.8. The average molecular weight is 387 g/mol. The molecule has 0 unspecified atom stereocenters. The van der Waals surface area contributed by atoms with Crippen LogP contribution in [-0.4, -0.2) is 21.8 Å². The molecule has 146 valence electrons. The van der Waals surface area contributed by atoms with Crippen molar-refractivity contribution in [2.24, 2.45) is 5.92 Å². The molecule has 1 fully saturated rings. The Balaban J connectivity index is 1.29. The molecule has 0 saturated heterocycles. The zero-order valence-corrected chi connectivity index (χ0v) is 15.9. The van der Waals surface area contributed by atoms with Crippen LogP contribution in [0.2, 0.25) is 0 Å². The maximum absolute atomic E-state index is 12.9. The number of pyridine rings is 1. The summed E-state index contributed by atoms with van der Waals surface area (Å²) < 4.78 is 5.73. The van der Waals surface area contributed by atoms with Crippen molar-refractivity contribution in [3.05, 3.63) is 72.2 Å². The molecule has 0 bridgehead atoms. The number of benzene rings is 1. The second-order valence-electron chi connectivity index (χ2n) is 7.68. The number of amides is 1. The molecule has 6 nitrogen and oxygen atoms in total. The molecule has 1 aliphatic heterocycles. The number of rotatable bonds is 3. The summed E-state index contributed by atoms with van der Waals surface area (Å²) in [7, 11) is 0. The topological polar surface area (TPSA) is 84.1 Å². The number of esters is 1. The van der Waals surface area contributed by atoms with Crippen LogP contribution in [0, 0.1) is 5.92 Å². The minimum atomic E-state index is -0.673. The fourth-order valence-electron chi connectivity index (χ4n) is 4.45. The van der Waals surface area contributed by atoms with Crippen molar-refractivity contribution in [1.29, 1.82) is 0 Å². The van der Waals surface area contributed by atoms with Crippen LogP contribution in [0.4, 0.5) is 5.69 Å². The van der Waals surface area contributed by atoms with E-state index in [2.05, 4.69) is 15.3 Å². The molecule has 1 aromatic carbocycles. The van der Waals surface area contributed by atoms with E-state index in [-0.39, 0.29) is 17.8 Å². The van der Waals surface area contributed by atoms with Crippen LogP contribution in [0.15, 0.2) is 60.9 Å². The predicted octanol–water partition coefficient (Wildman–Crippen LogP) is 4.27. The van der Waals surface area contributed by atoms with Crippen molar-refractivity contribution in [2.75, 3.05) is 5.32 Å². The van der Waals surface area contributed by atoms with Crippen molar-refractivity contribution in [3.8, 4) is 11.3 Å². The van der Waals surface area contributed by atoms with Gasteiger partial charge >= 0.3 is 5.97 Å². The highest BCUT2D eigenvalue weighted by Crippen LogP contribution is 2.47. The summed E-state index contributed by atoms with van der Waals surface area (Å²) in [6, 6.07) is 15.3. The first-order valence-corrected chi connectivity index (χ1v) is 9.89. The Kier molecular flexibility index (Phi) is 4.19. The summed E-state index contributed by atoms with van der Waals surface area (Å²) in [5, 5.41) is 3.07. The van der Waals surface area contributed by atoms with E-state index in [4.69, 9.17) is 4.74 Å². The van der Waals surface area contributed by atoms with Gasteiger partial charge in [-0.3, -0.25) is 9.78 Å². The number of nitrogens with one attached hydrogen (secondary N) is 2. The van der Waals surface area contributed by atoms with E-state index < -0.39 is 5.60 Å². The monoisotopic (exact) mass is 387 g/mol. The van der Waals surface area contributed by atoms with Crippen molar-refractivity contribution in [3.63, 3.8) is 0 Å². The maximum Gasteiger partial charge on any atom is 0.341 e. The Morgan fingerprint density at radius 1 is 1.10 bits per heavy atom. The van der Waals surface area contributed by atoms with Gasteiger partial charge in [-0.2, -0.15) is 0 Å². The van der Waals surface area contributed by atoms with Crippen LogP contribution < -0.4 is 5.32 Å². The first-order valence-electron chi connectivity index (χ1n) is 9.89. The van der Waals surface area contributed by atoms with Crippen molar-refractivity contribution in [2.45, 2.75) is 31.3 Å². The van der Waals surface area contributed by atoms with Crippen molar-refractivity contribution < 1.29 is 14.3 Å². The molecular weight excluding hydrogens is 366 g/mol. The largest absolute Gasteiger partial charge is 0.449 e. The molecule has 6 heteroatoms. The molecule has 2 N–H and O–H groups in total. The normalized spacial score (nSPS) is 22.9. The standard InChI is InChI=1S/C23H21N3O3/c27-21(26-18-10-14-24-19(18)15-5-2-1-3-6-15)16-8-11-23(12-9-16)20-17(22(28)29-23)7-4-13-25-20/h1-7,10,13-14,16,24H,8-9,11-12H2,(H,26,27). The van der Waals surface area contributed by atoms with Crippen LogP contribution in [0.3, 0.4) is 0 Å². The first kappa shape index (κ1) is 17.7. The molecule has 1 saturated carbocycles. The third kappa shape index (κ3) is 3.01. The molecule has 2 aliphatic rings. The summed E-state index contributed by atoms with van der Waals surface area (Å²) in [6.45, 7) is 0. The van der Waals surface area contributed by atoms with E-state index in [1.54, 1.807) is 18.3 Å². The van der Waals surface area contributed by atoms with E-state index >= 15 is 0 Å². The van der Waals surface area contributed by atoms with Crippen LogP contribution in [0.1, 0.15) is 41.7 Å². The van der Waals surface area contributed by atoms with Gasteiger partial charge in [-0.15, -0.1) is 0 Å². The summed E-state index contributed by atoms with van der Waals surface area (Å²) in [4.78, 5) is 32.7. The number of nitrogens with zero attached hydrogens (tertiary/aromatic N) is 1. The lowest BCUT2D eigenvalue weighted by Gasteiger charge is -2.35. The Hall–Kier alpha value is -3.41. The molecule has 3 aromatic rings. The molecule has 1 spiro atoms. The van der Waals surface area contributed by atoms with Gasteiger partial charge in [0.25, 0.3) is 0 Å². The third-order valence-corrected chi connectivity index (χ3v) is 5.98. The summed E-state index contributed by atoms with van der Waals surface area (Å²) in [5.74, 6) is -0.427. The third-order valence-electron chi connectivity index (χ3n) is 5.98. The Morgan fingerprint density at radius 3 is 2.69 bits per heavy atom. The van der Waals surface area contributed by atoms with Crippen LogP contribution in [-0.2, 0) is 15.1 Å². The lowest BCUT2D eigenvalue weighted by Crippen LogP contribution is -2.36. The first-order chi connectivity index (χ1) is 14.2. The molecule has 1 aliphatic carbocycles. The van der Waals surface area contributed by atoms with Gasteiger partial charge in [0.15, 0.2) is 5.60 Å². The van der Waals surface area contributed by atoms with Crippen LogP contribution >= 0.6 is 0 Å². The number of aromatic amines is 1. The molecule has 3 heterocycles. The van der Waals surface area contributed by atoms with Gasteiger partial charge in [0.05, 0.1) is 22.6 Å². The Morgan fingerprint density at radius 2 is 1.90 bits per heavy atom. The molecule has 2 aromatic heterocycles. The number of hydrogen-bond donors (Lipinski definition) is 2. The van der Waals surface area contributed by atoms with E-state index in [0.29, 0.717) is 31.2 Å². The van der Waals surface area contributed by atoms with E-state index in [1.165, 1.54) is 0 Å². The molecular formula is C23H21N3O3. The SMILES string of the molecule is O=C1OC2(CCC(C(=O)Nc3cc[nH]c3-c3ccccc3)CC2)c2ncccc21. The van der Waals surface area contributed by atoms with E-state index in [0.717, 1.165) is 22.6 Å². The lowest BCUT2D eigenvalue weighted by molar-refractivity contribution is -0.122. The quantitative estimate of drug-likeness (QED) is 0.657. The van der Waals surface area contributed by atoms with Crippen molar-refractivity contribution >= 4 is 17.6 Å². The predicted molar refractivity (Wildman–Crippen MR) is 108 cm³/mol. The van der Waals surface area contributed by atoms with Crippen LogP contribution in [0.5, 0.6) is 0 Å². The highest BCUT2D eigenvalue weighted by molar-refractivity contribution is 5.96. The number of carbonyl (C=O) groups is 2. The lowest BCUT2D eigenvalue weighted by atomic mass is 9.76. The van der Waals surface area contributed by atoms with E-state index in [1.807, 2.05) is 42.6 Å². The second kappa shape index (κ2) is 6.88. The molecule has 29 heavy (non-hydrogen) atoms. The van der Waals surface area contributed by atoms with Gasteiger partial charge in [-0.25, -0.2) is 4.79 Å². The minimum Gasteiger partial charge on any atom is -0.449 e. The zero-order valence-electron chi connectivity index (χ0n) is 15.9. The second-order valence-corrected chi connectivity index (χ2v) is 7.68. The average Bonchev–Trinajstić information content (AvgIpc) is 3.32. The summed E-state index contributed by atoms with van der Waals surface area (Å²) >= 11 is 0. The van der Waals surface area contributed by atoms with Gasteiger partial charge < -0.3 is 15.0 Å². The molecule has 1 amide bonds. The van der Waals surface area contributed by atoms with Crippen LogP contribution in [0.25, 0.3) is 11.3 Å². The number of fused-ring (bicyclic) bond motifs is 2. The maximum atomic E-state index is 12.9. The van der Waals surface area contributed by atoms with Gasteiger partial charge in [-0.05, 0) is 43.9 Å². The van der Waals surface area contributed by atoms with Gasteiger partial charge in [-0.1, -0.05) is 30.3 Å². The number of hydrogen-bond acceptors (Lipinski definition) is 4. The van der Waals surface area contributed by atoms with Crippen molar-refractivity contribution in [1.82, 2.24) is 9.97 Å². The number of H-pyrrole nitrogens is 1. The minimum absolute atomic E-state index is 0.00204. The smallest absolute Gasteiger partial charge is 0.341 e. The number of carbonyl (C=O) groups excluding carboxylic acids is 2. The molecule has 5 rings (SSSR count). The number of anilines is 1. The van der Waals surface area contributed by atoms with E-state index in [9.17, 15) is 9.59 Å². The highest BCUT2D eigenvalue weighted by atomic mass is 16.6. The number of aromatic nitrogens is 2. The fraction of sp³-hybridized carbons (Fsp3) is 0.261. The summed E-state index contributed by atoms with van der Waals surface area (Å²) in [6.07, 6.45) is 6.05. The molecule has 0 radical (unpaired) electrons. The van der Waals surface area contributed by atoms with Gasteiger partial charge in [0.2, 0.25) is 5.91 Å². The fourth-order valence-corrected chi connectivity index (χ4v) is 4.45. The Bertz CT molecular complexity index is 1070. The number of ether oxygens (including phenoxy) is 1.